The zero-order valence-corrected chi connectivity index (χ0v) is 17.3. The fourth-order valence-electron chi connectivity index (χ4n) is 3.99. The van der Waals surface area contributed by atoms with Gasteiger partial charge in [-0.2, -0.15) is 18.2 Å². The second kappa shape index (κ2) is 8.02. The van der Waals surface area contributed by atoms with Gasteiger partial charge in [-0.25, -0.2) is 0 Å². The highest BCUT2D eigenvalue weighted by molar-refractivity contribution is 5.99. The van der Waals surface area contributed by atoms with Crippen LogP contribution in [0.4, 0.5) is 18.9 Å². The van der Waals surface area contributed by atoms with Gasteiger partial charge < -0.3 is 14.7 Å². The lowest BCUT2D eigenvalue weighted by molar-refractivity contribution is -0.159. The molecular formula is C23H19F3N4O3. The van der Waals surface area contributed by atoms with Crippen molar-refractivity contribution >= 4 is 17.5 Å². The van der Waals surface area contributed by atoms with Crippen LogP contribution in [0, 0.1) is 5.92 Å². The molecule has 5 rings (SSSR count). The highest BCUT2D eigenvalue weighted by atomic mass is 19.4. The van der Waals surface area contributed by atoms with Gasteiger partial charge in [0.25, 0.3) is 5.91 Å². The summed E-state index contributed by atoms with van der Waals surface area (Å²) in [6, 6.07) is 13.4. The Kier molecular flexibility index (Phi) is 5.15. The van der Waals surface area contributed by atoms with Crippen LogP contribution in [0.25, 0.3) is 11.4 Å². The molecule has 2 aromatic carbocycles. The molecule has 1 atom stereocenters. The van der Waals surface area contributed by atoms with Crippen molar-refractivity contribution in [1.82, 2.24) is 15.5 Å². The lowest BCUT2D eigenvalue weighted by atomic mass is 10.1. The Bertz CT molecular complexity index is 1200. The average molecular weight is 456 g/mol. The molecule has 2 amide bonds. The van der Waals surface area contributed by atoms with Crippen molar-refractivity contribution in [2.24, 2.45) is 5.92 Å². The summed E-state index contributed by atoms with van der Waals surface area (Å²) < 4.78 is 42.2. The van der Waals surface area contributed by atoms with Crippen LogP contribution in [0.2, 0.25) is 0 Å². The maximum absolute atomic E-state index is 12.9. The summed E-state index contributed by atoms with van der Waals surface area (Å²) in [5.41, 5.74) is 2.59. The fraction of sp³-hybridized carbons (Fsp3) is 0.304. The molecule has 170 valence electrons. The van der Waals surface area contributed by atoms with Gasteiger partial charge in [0.2, 0.25) is 11.7 Å². The summed E-state index contributed by atoms with van der Waals surface area (Å²) in [6.07, 6.45) is -2.27. The van der Waals surface area contributed by atoms with Crippen LogP contribution < -0.4 is 10.2 Å². The third kappa shape index (κ3) is 4.20. The first-order valence-electron chi connectivity index (χ1n) is 10.5. The predicted molar refractivity (Wildman–Crippen MR) is 111 cm³/mol. The lowest BCUT2D eigenvalue weighted by Gasteiger charge is -2.26. The molecule has 1 unspecified atom stereocenters. The summed E-state index contributed by atoms with van der Waals surface area (Å²) in [5.74, 6) is -1.83. The monoisotopic (exact) mass is 456 g/mol. The molecule has 1 fully saturated rings. The fourth-order valence-corrected chi connectivity index (χ4v) is 3.99. The molecular weight excluding hydrogens is 437 g/mol. The Morgan fingerprint density at radius 2 is 1.82 bits per heavy atom. The van der Waals surface area contributed by atoms with E-state index < -0.39 is 12.1 Å². The molecule has 2 aliphatic rings. The molecule has 1 aromatic heterocycles. The first-order valence-corrected chi connectivity index (χ1v) is 10.5. The molecule has 3 aromatic rings. The molecule has 0 radical (unpaired) electrons. The van der Waals surface area contributed by atoms with E-state index in [1.54, 1.807) is 0 Å². The minimum absolute atomic E-state index is 0.0601. The molecule has 0 bridgehead atoms. The van der Waals surface area contributed by atoms with E-state index in [4.69, 9.17) is 0 Å². The molecule has 10 heteroatoms. The van der Waals surface area contributed by atoms with E-state index in [-0.39, 0.29) is 36.1 Å². The standard InChI is InChI=1S/C23H19F3N4O3/c24-23(25,26)22-28-19(29-33-22)13-5-7-14(8-6-13)20(31)27-12-17-11-16-3-1-2-4-18(16)30(17)21(32)15-9-10-15/h1-8,15,17H,9-12H2,(H,27,31). The van der Waals surface area contributed by atoms with E-state index >= 15 is 0 Å². The summed E-state index contributed by atoms with van der Waals surface area (Å²) >= 11 is 0. The van der Waals surface area contributed by atoms with Gasteiger partial charge in [0.1, 0.15) is 0 Å². The number of aromatic nitrogens is 2. The first kappa shape index (κ1) is 21.2. The number of anilines is 1. The lowest BCUT2D eigenvalue weighted by Crippen LogP contribution is -2.45. The van der Waals surface area contributed by atoms with Crippen LogP contribution in [0.3, 0.4) is 0 Å². The number of rotatable bonds is 5. The third-order valence-electron chi connectivity index (χ3n) is 5.81. The predicted octanol–water partition coefficient (Wildman–Crippen LogP) is 3.85. The van der Waals surface area contributed by atoms with E-state index in [0.29, 0.717) is 17.5 Å². The molecule has 7 nitrogen and oxygen atoms in total. The van der Waals surface area contributed by atoms with Crippen molar-refractivity contribution in [3.63, 3.8) is 0 Å². The number of carbonyl (C=O) groups excluding carboxylic acids is 2. The van der Waals surface area contributed by atoms with E-state index in [9.17, 15) is 22.8 Å². The van der Waals surface area contributed by atoms with Gasteiger partial charge >= 0.3 is 12.1 Å². The van der Waals surface area contributed by atoms with E-state index in [2.05, 4.69) is 20.0 Å². The van der Waals surface area contributed by atoms with Gasteiger partial charge in [-0.15, -0.1) is 0 Å². The van der Waals surface area contributed by atoms with Crippen molar-refractivity contribution < 1.29 is 27.3 Å². The van der Waals surface area contributed by atoms with Crippen LogP contribution in [-0.4, -0.2) is 34.5 Å². The van der Waals surface area contributed by atoms with Crippen molar-refractivity contribution in [1.29, 1.82) is 0 Å². The summed E-state index contributed by atoms with van der Waals surface area (Å²) in [6.45, 7) is 0.285. The smallest absolute Gasteiger partial charge is 0.350 e. The zero-order chi connectivity index (χ0) is 23.2. The Morgan fingerprint density at radius 1 is 1.09 bits per heavy atom. The van der Waals surface area contributed by atoms with Crippen LogP contribution in [0.5, 0.6) is 0 Å². The molecule has 2 heterocycles. The van der Waals surface area contributed by atoms with Crippen LogP contribution in [0.15, 0.2) is 53.1 Å². The number of hydrogen-bond acceptors (Lipinski definition) is 5. The highest BCUT2D eigenvalue weighted by Gasteiger charge is 2.41. The van der Waals surface area contributed by atoms with E-state index in [1.165, 1.54) is 24.3 Å². The topological polar surface area (TPSA) is 88.3 Å². The number of para-hydroxylation sites is 1. The average Bonchev–Trinajstić information content (AvgIpc) is 3.40. The number of carbonyl (C=O) groups is 2. The quantitative estimate of drug-likeness (QED) is 0.630. The van der Waals surface area contributed by atoms with Gasteiger partial charge in [-0.1, -0.05) is 35.5 Å². The summed E-state index contributed by atoms with van der Waals surface area (Å²) in [7, 11) is 0. The van der Waals surface area contributed by atoms with Gasteiger partial charge in [0.05, 0.1) is 6.04 Å². The molecule has 1 N–H and O–H groups in total. The number of benzene rings is 2. The largest absolute Gasteiger partial charge is 0.471 e. The van der Waals surface area contributed by atoms with Gasteiger partial charge in [0.15, 0.2) is 0 Å². The second-order valence-electron chi connectivity index (χ2n) is 8.18. The Balaban J connectivity index is 1.25. The maximum atomic E-state index is 12.9. The maximum Gasteiger partial charge on any atom is 0.471 e. The third-order valence-corrected chi connectivity index (χ3v) is 5.81. The number of fused-ring (bicyclic) bond motifs is 1. The van der Waals surface area contributed by atoms with Crippen LogP contribution in [0.1, 0.15) is 34.7 Å². The van der Waals surface area contributed by atoms with Gasteiger partial charge in [0, 0.05) is 29.3 Å². The molecule has 1 aliphatic heterocycles. The molecule has 0 saturated heterocycles. The molecule has 1 saturated carbocycles. The minimum atomic E-state index is -4.72. The van der Waals surface area contributed by atoms with Crippen molar-refractivity contribution in [3.05, 3.63) is 65.5 Å². The number of hydrogen-bond donors (Lipinski definition) is 1. The second-order valence-corrected chi connectivity index (χ2v) is 8.18. The molecule has 0 spiro atoms. The first-order chi connectivity index (χ1) is 15.8. The highest BCUT2D eigenvalue weighted by Crippen LogP contribution is 2.38. The normalized spacial score (nSPS) is 17.7. The van der Waals surface area contributed by atoms with Crippen LogP contribution >= 0.6 is 0 Å². The summed E-state index contributed by atoms with van der Waals surface area (Å²) in [5, 5.41) is 6.21. The number of amides is 2. The van der Waals surface area contributed by atoms with E-state index in [0.717, 1.165) is 24.1 Å². The molecule has 33 heavy (non-hydrogen) atoms. The molecule has 1 aliphatic carbocycles. The summed E-state index contributed by atoms with van der Waals surface area (Å²) in [4.78, 5) is 30.7. The number of alkyl halides is 3. The van der Waals surface area contributed by atoms with Crippen molar-refractivity contribution in [2.45, 2.75) is 31.5 Å². The number of nitrogens with one attached hydrogen (secondary N) is 1. The Hall–Kier alpha value is -3.69. The zero-order valence-electron chi connectivity index (χ0n) is 17.3. The van der Waals surface area contributed by atoms with Gasteiger partial charge in [-0.05, 0) is 43.0 Å². The SMILES string of the molecule is O=C(NCC1Cc2ccccc2N1C(=O)C1CC1)c1ccc(-c2noc(C(F)(F)F)n2)cc1. The number of nitrogens with zero attached hydrogens (tertiary/aromatic N) is 3. The Morgan fingerprint density at radius 3 is 2.48 bits per heavy atom. The minimum Gasteiger partial charge on any atom is -0.350 e. The Labute approximate surface area is 186 Å². The van der Waals surface area contributed by atoms with E-state index in [1.807, 2.05) is 29.2 Å². The van der Waals surface area contributed by atoms with Gasteiger partial charge in [-0.3, -0.25) is 9.59 Å². The van der Waals surface area contributed by atoms with Crippen LogP contribution in [-0.2, 0) is 17.4 Å². The van der Waals surface area contributed by atoms with Crippen molar-refractivity contribution in [2.75, 3.05) is 11.4 Å². The van der Waals surface area contributed by atoms with Crippen molar-refractivity contribution in [3.8, 4) is 11.4 Å². The number of halogens is 3.